The SMILES string of the molecule is O=C(NCCO)c1ccc2nc3[nH]c4ccccc4c3nc2c1. The second kappa shape index (κ2) is 5.33. The Balaban J connectivity index is 1.88. The van der Waals surface area contributed by atoms with Crippen molar-refractivity contribution in [2.75, 3.05) is 13.2 Å². The van der Waals surface area contributed by atoms with E-state index in [1.807, 2.05) is 24.3 Å². The van der Waals surface area contributed by atoms with Crippen molar-refractivity contribution in [2.45, 2.75) is 0 Å². The number of hydrogen-bond acceptors (Lipinski definition) is 4. The summed E-state index contributed by atoms with van der Waals surface area (Å²) in [4.78, 5) is 24.5. The van der Waals surface area contributed by atoms with Crippen molar-refractivity contribution in [1.29, 1.82) is 0 Å². The normalized spacial score (nSPS) is 11.3. The summed E-state index contributed by atoms with van der Waals surface area (Å²) in [6, 6.07) is 13.1. The topological polar surface area (TPSA) is 90.9 Å². The van der Waals surface area contributed by atoms with E-state index in [-0.39, 0.29) is 19.1 Å². The lowest BCUT2D eigenvalue weighted by molar-refractivity contribution is 0.0945. The molecule has 0 aliphatic carbocycles. The van der Waals surface area contributed by atoms with E-state index in [4.69, 9.17) is 5.11 Å². The van der Waals surface area contributed by atoms with Gasteiger partial charge >= 0.3 is 0 Å². The van der Waals surface area contributed by atoms with Gasteiger partial charge in [0.25, 0.3) is 5.91 Å². The molecule has 0 spiro atoms. The fourth-order valence-electron chi connectivity index (χ4n) is 2.67. The number of hydrogen-bond donors (Lipinski definition) is 3. The zero-order valence-corrected chi connectivity index (χ0v) is 12.2. The maximum Gasteiger partial charge on any atom is 0.251 e. The predicted molar refractivity (Wildman–Crippen MR) is 88.3 cm³/mol. The molecule has 0 radical (unpaired) electrons. The molecule has 4 rings (SSSR count). The van der Waals surface area contributed by atoms with Crippen LogP contribution < -0.4 is 5.32 Å². The molecule has 6 heteroatoms. The van der Waals surface area contributed by atoms with Crippen molar-refractivity contribution in [1.82, 2.24) is 20.3 Å². The van der Waals surface area contributed by atoms with Crippen LogP contribution in [0.1, 0.15) is 10.4 Å². The fourth-order valence-corrected chi connectivity index (χ4v) is 2.67. The minimum atomic E-state index is -0.234. The van der Waals surface area contributed by atoms with Crippen LogP contribution in [0.5, 0.6) is 0 Å². The molecule has 0 atom stereocenters. The van der Waals surface area contributed by atoms with Gasteiger partial charge in [0.05, 0.1) is 17.6 Å². The molecular weight excluding hydrogens is 292 g/mol. The summed E-state index contributed by atoms with van der Waals surface area (Å²) in [6.07, 6.45) is 0. The Hall–Kier alpha value is -2.99. The van der Waals surface area contributed by atoms with Crippen molar-refractivity contribution in [3.05, 3.63) is 48.0 Å². The average Bonchev–Trinajstić information content (AvgIpc) is 2.94. The zero-order valence-electron chi connectivity index (χ0n) is 12.2. The van der Waals surface area contributed by atoms with E-state index in [9.17, 15) is 4.79 Å². The molecule has 2 aromatic heterocycles. The maximum atomic E-state index is 12.0. The van der Waals surface area contributed by atoms with Gasteiger partial charge in [-0.25, -0.2) is 9.97 Å². The lowest BCUT2D eigenvalue weighted by Gasteiger charge is -2.04. The van der Waals surface area contributed by atoms with Crippen LogP contribution in [0.15, 0.2) is 42.5 Å². The summed E-state index contributed by atoms with van der Waals surface area (Å²) >= 11 is 0. The number of nitrogens with zero attached hydrogens (tertiary/aromatic N) is 2. The number of aromatic amines is 1. The highest BCUT2D eigenvalue weighted by Gasteiger charge is 2.11. The van der Waals surface area contributed by atoms with Crippen molar-refractivity contribution >= 4 is 39.0 Å². The first-order chi connectivity index (χ1) is 11.3. The summed E-state index contributed by atoms with van der Waals surface area (Å²) < 4.78 is 0. The summed E-state index contributed by atoms with van der Waals surface area (Å²) in [5.41, 5.74) is 4.40. The largest absolute Gasteiger partial charge is 0.395 e. The number of H-pyrrole nitrogens is 1. The summed E-state index contributed by atoms with van der Waals surface area (Å²) in [6.45, 7) is 0.138. The number of para-hydroxylation sites is 1. The molecule has 0 unspecified atom stereocenters. The van der Waals surface area contributed by atoms with Gasteiger partial charge in [0, 0.05) is 23.0 Å². The molecule has 23 heavy (non-hydrogen) atoms. The number of rotatable bonds is 3. The Labute approximate surface area is 131 Å². The van der Waals surface area contributed by atoms with Crippen molar-refractivity contribution < 1.29 is 9.90 Å². The predicted octanol–water partition coefficient (Wildman–Crippen LogP) is 1.99. The van der Waals surface area contributed by atoms with Crippen LogP contribution in [0.3, 0.4) is 0 Å². The van der Waals surface area contributed by atoms with Crippen molar-refractivity contribution in [3.8, 4) is 0 Å². The molecule has 1 amide bonds. The lowest BCUT2D eigenvalue weighted by atomic mass is 10.1. The molecular formula is C17H14N4O2. The highest BCUT2D eigenvalue weighted by molar-refractivity contribution is 6.06. The third-order valence-corrected chi connectivity index (χ3v) is 3.76. The molecule has 0 fully saturated rings. The first-order valence-electron chi connectivity index (χ1n) is 7.33. The summed E-state index contributed by atoms with van der Waals surface area (Å²) in [5.74, 6) is -0.234. The van der Waals surface area contributed by atoms with Crippen LogP contribution in [-0.2, 0) is 0 Å². The van der Waals surface area contributed by atoms with Gasteiger partial charge in [0.2, 0.25) is 0 Å². The second-order valence-corrected chi connectivity index (χ2v) is 5.27. The number of amides is 1. The highest BCUT2D eigenvalue weighted by atomic mass is 16.3. The third-order valence-electron chi connectivity index (χ3n) is 3.76. The van der Waals surface area contributed by atoms with Gasteiger partial charge in [-0.15, -0.1) is 0 Å². The number of carbonyl (C=O) groups is 1. The summed E-state index contributed by atoms with van der Waals surface area (Å²) in [7, 11) is 0. The Kier molecular flexibility index (Phi) is 3.17. The van der Waals surface area contributed by atoms with Crippen LogP contribution in [0.25, 0.3) is 33.1 Å². The molecule has 6 nitrogen and oxygen atoms in total. The monoisotopic (exact) mass is 306 g/mol. The van der Waals surface area contributed by atoms with Crippen LogP contribution in [0, 0.1) is 0 Å². The van der Waals surface area contributed by atoms with Crippen LogP contribution in [0.2, 0.25) is 0 Å². The minimum absolute atomic E-state index is 0.0882. The second-order valence-electron chi connectivity index (χ2n) is 5.27. The van der Waals surface area contributed by atoms with Crippen LogP contribution in [0.4, 0.5) is 0 Å². The third kappa shape index (κ3) is 2.29. The molecule has 0 aliphatic heterocycles. The first-order valence-corrected chi connectivity index (χ1v) is 7.33. The smallest absolute Gasteiger partial charge is 0.251 e. The molecule has 0 bridgehead atoms. The number of carbonyl (C=O) groups excluding carboxylic acids is 1. The van der Waals surface area contributed by atoms with Gasteiger partial charge in [-0.3, -0.25) is 4.79 Å². The zero-order chi connectivity index (χ0) is 15.8. The Morgan fingerprint density at radius 2 is 2.00 bits per heavy atom. The fraction of sp³-hybridized carbons (Fsp3) is 0.118. The quantitative estimate of drug-likeness (QED) is 0.540. The van der Waals surface area contributed by atoms with E-state index in [2.05, 4.69) is 20.3 Å². The number of fused-ring (bicyclic) bond motifs is 4. The number of nitrogens with one attached hydrogen (secondary N) is 2. The number of aliphatic hydroxyl groups excluding tert-OH is 1. The number of benzene rings is 2. The van der Waals surface area contributed by atoms with Crippen molar-refractivity contribution in [2.24, 2.45) is 0 Å². The lowest BCUT2D eigenvalue weighted by Crippen LogP contribution is -2.26. The van der Waals surface area contributed by atoms with E-state index in [1.165, 1.54) is 0 Å². The number of aliphatic hydroxyl groups is 1. The average molecular weight is 306 g/mol. The standard InChI is InChI=1S/C17H14N4O2/c22-8-7-18-17(23)10-5-6-13-14(9-10)19-15-11-3-1-2-4-12(11)20-16(15)21-13/h1-6,9,22H,7-8H2,(H,18,23)(H,20,21). The maximum absolute atomic E-state index is 12.0. The van der Waals surface area contributed by atoms with E-state index >= 15 is 0 Å². The van der Waals surface area contributed by atoms with E-state index in [1.54, 1.807) is 18.2 Å². The van der Waals surface area contributed by atoms with Crippen molar-refractivity contribution in [3.63, 3.8) is 0 Å². The number of aromatic nitrogens is 3. The molecule has 0 saturated carbocycles. The van der Waals surface area contributed by atoms with Gasteiger partial charge in [-0.1, -0.05) is 18.2 Å². The molecule has 0 saturated heterocycles. The van der Waals surface area contributed by atoms with Crippen LogP contribution >= 0.6 is 0 Å². The van der Waals surface area contributed by atoms with E-state index < -0.39 is 0 Å². The minimum Gasteiger partial charge on any atom is -0.395 e. The molecule has 4 aromatic rings. The van der Waals surface area contributed by atoms with E-state index in [0.717, 1.165) is 27.6 Å². The van der Waals surface area contributed by atoms with Gasteiger partial charge in [0.15, 0.2) is 5.65 Å². The Morgan fingerprint density at radius 3 is 2.87 bits per heavy atom. The van der Waals surface area contributed by atoms with Gasteiger partial charge in [-0.05, 0) is 24.3 Å². The highest BCUT2D eigenvalue weighted by Crippen LogP contribution is 2.24. The Morgan fingerprint density at radius 1 is 1.13 bits per heavy atom. The van der Waals surface area contributed by atoms with Gasteiger partial charge < -0.3 is 15.4 Å². The molecule has 0 aliphatic rings. The Bertz CT molecular complexity index is 1040. The van der Waals surface area contributed by atoms with Crippen LogP contribution in [-0.4, -0.2) is 39.1 Å². The molecule has 2 aromatic carbocycles. The van der Waals surface area contributed by atoms with E-state index in [0.29, 0.717) is 11.1 Å². The first kappa shape index (κ1) is 13.7. The molecule has 2 heterocycles. The molecule has 3 N–H and O–H groups in total. The van der Waals surface area contributed by atoms with Gasteiger partial charge in [-0.2, -0.15) is 0 Å². The van der Waals surface area contributed by atoms with Gasteiger partial charge in [0.1, 0.15) is 5.52 Å². The molecule has 114 valence electrons. The summed E-state index contributed by atoms with van der Waals surface area (Å²) in [5, 5.41) is 12.4.